The lowest BCUT2D eigenvalue weighted by Gasteiger charge is -2.20. The summed E-state index contributed by atoms with van der Waals surface area (Å²) < 4.78 is 0. The van der Waals surface area contributed by atoms with Gasteiger partial charge in [-0.2, -0.15) is 0 Å². The second-order valence-corrected chi connectivity index (χ2v) is 12.8. The van der Waals surface area contributed by atoms with Crippen LogP contribution in [-0.2, 0) is 0 Å². The van der Waals surface area contributed by atoms with Crippen LogP contribution in [0.2, 0.25) is 0 Å². The molecule has 0 aliphatic heterocycles. The Morgan fingerprint density at radius 2 is 0.646 bits per heavy atom. The van der Waals surface area contributed by atoms with Crippen LogP contribution in [-0.4, -0.2) is 0 Å². The molecule has 10 aromatic rings. The van der Waals surface area contributed by atoms with Crippen molar-refractivity contribution < 1.29 is 0 Å². The number of rotatable bonds is 3. The van der Waals surface area contributed by atoms with Gasteiger partial charge in [0, 0.05) is 0 Å². The maximum atomic E-state index is 2.38. The van der Waals surface area contributed by atoms with Gasteiger partial charge in [-0.25, -0.2) is 0 Å². The van der Waals surface area contributed by atoms with Crippen LogP contribution in [0.1, 0.15) is 0 Å². The quantitative estimate of drug-likeness (QED) is 0.139. The Labute approximate surface area is 279 Å². The Morgan fingerprint density at radius 3 is 1.35 bits per heavy atom. The van der Waals surface area contributed by atoms with Crippen molar-refractivity contribution >= 4 is 64.6 Å². The Hall–Kier alpha value is -6.24. The second-order valence-electron chi connectivity index (χ2n) is 12.8. The minimum Gasteiger partial charge on any atom is -0.0616 e. The molecule has 222 valence electrons. The smallest absolute Gasteiger partial charge is 0.00201 e. The molecule has 0 aromatic heterocycles. The van der Waals surface area contributed by atoms with Crippen molar-refractivity contribution in [3.63, 3.8) is 0 Å². The van der Waals surface area contributed by atoms with Crippen molar-refractivity contribution in [3.8, 4) is 33.4 Å². The van der Waals surface area contributed by atoms with Crippen LogP contribution in [0.25, 0.3) is 98.0 Å². The molecule has 0 heteroatoms. The molecule has 48 heavy (non-hydrogen) atoms. The van der Waals surface area contributed by atoms with Gasteiger partial charge < -0.3 is 0 Å². The molecule has 10 rings (SSSR count). The van der Waals surface area contributed by atoms with Gasteiger partial charge >= 0.3 is 0 Å². The molecule has 0 spiro atoms. The number of fused-ring (bicyclic) bond motifs is 7. The lowest BCUT2D eigenvalue weighted by molar-refractivity contribution is 1.66. The highest BCUT2D eigenvalue weighted by Gasteiger charge is 2.19. The van der Waals surface area contributed by atoms with E-state index in [-0.39, 0.29) is 0 Å². The standard InChI is InChI=1S/C48H30/c1-2-13-33-29-34(23-21-31(33)11-1)39-27-28-46(41-16-6-5-15-40(39)41)48-44-19-9-7-17-42(44)47(43-18-8-10-20-45(43)48)36-25-26-38-35(30-36)24-22-32-12-3-4-14-37(32)38/h1-30H. The van der Waals surface area contributed by atoms with E-state index in [0.29, 0.717) is 0 Å². The van der Waals surface area contributed by atoms with E-state index in [2.05, 4.69) is 182 Å². The van der Waals surface area contributed by atoms with Gasteiger partial charge in [0.15, 0.2) is 0 Å². The molecule has 0 amide bonds. The summed E-state index contributed by atoms with van der Waals surface area (Å²) in [6.07, 6.45) is 0. The van der Waals surface area contributed by atoms with Crippen LogP contribution in [0.4, 0.5) is 0 Å². The first-order chi connectivity index (χ1) is 23.8. The predicted molar refractivity (Wildman–Crippen MR) is 208 cm³/mol. The predicted octanol–water partition coefficient (Wildman–Crippen LogP) is 13.6. The molecule has 0 heterocycles. The fraction of sp³-hybridized carbons (Fsp3) is 0. The van der Waals surface area contributed by atoms with Gasteiger partial charge in [-0.15, -0.1) is 0 Å². The monoisotopic (exact) mass is 606 g/mol. The third-order valence-electron chi connectivity index (χ3n) is 10.2. The summed E-state index contributed by atoms with van der Waals surface area (Å²) in [5.74, 6) is 0. The van der Waals surface area contributed by atoms with Gasteiger partial charge in [-0.05, 0) is 110 Å². The Morgan fingerprint density at radius 1 is 0.208 bits per heavy atom. The fourth-order valence-corrected chi connectivity index (χ4v) is 8.02. The molecular weight excluding hydrogens is 577 g/mol. The van der Waals surface area contributed by atoms with E-state index >= 15 is 0 Å². The minimum atomic E-state index is 1.24. The highest BCUT2D eigenvalue weighted by Crippen LogP contribution is 2.47. The third-order valence-corrected chi connectivity index (χ3v) is 10.2. The van der Waals surface area contributed by atoms with Gasteiger partial charge in [-0.1, -0.05) is 170 Å². The first-order valence-corrected chi connectivity index (χ1v) is 16.7. The normalized spacial score (nSPS) is 11.8. The van der Waals surface area contributed by atoms with Crippen molar-refractivity contribution in [2.24, 2.45) is 0 Å². The Bertz CT molecular complexity index is 2830. The number of benzene rings is 10. The maximum absolute atomic E-state index is 2.38. The zero-order chi connectivity index (χ0) is 31.6. The highest BCUT2D eigenvalue weighted by molar-refractivity contribution is 6.24. The molecular formula is C48H30. The lowest BCUT2D eigenvalue weighted by atomic mass is 9.83. The van der Waals surface area contributed by atoms with Crippen molar-refractivity contribution in [3.05, 3.63) is 182 Å². The number of hydrogen-bond donors (Lipinski definition) is 0. The molecule has 0 nitrogen and oxygen atoms in total. The first-order valence-electron chi connectivity index (χ1n) is 16.7. The van der Waals surface area contributed by atoms with Crippen molar-refractivity contribution in [1.29, 1.82) is 0 Å². The first kappa shape index (κ1) is 26.9. The minimum absolute atomic E-state index is 1.24. The summed E-state index contributed by atoms with van der Waals surface area (Å²) in [7, 11) is 0. The molecule has 0 saturated carbocycles. The molecule has 10 aromatic carbocycles. The summed E-state index contributed by atoms with van der Waals surface area (Å²) in [5, 5.41) is 15.3. The van der Waals surface area contributed by atoms with Gasteiger partial charge in [0.05, 0.1) is 0 Å². The Kier molecular flexibility index (Phi) is 5.98. The highest BCUT2D eigenvalue weighted by atomic mass is 14.2. The van der Waals surface area contributed by atoms with Crippen molar-refractivity contribution in [1.82, 2.24) is 0 Å². The molecule has 0 atom stereocenters. The van der Waals surface area contributed by atoms with Crippen molar-refractivity contribution in [2.45, 2.75) is 0 Å². The van der Waals surface area contributed by atoms with Crippen LogP contribution >= 0.6 is 0 Å². The Balaban J connectivity index is 1.24. The average Bonchev–Trinajstić information content (AvgIpc) is 3.16. The zero-order valence-electron chi connectivity index (χ0n) is 26.3. The zero-order valence-corrected chi connectivity index (χ0v) is 26.3. The van der Waals surface area contributed by atoms with Gasteiger partial charge in [0.2, 0.25) is 0 Å². The third kappa shape index (κ3) is 4.10. The molecule has 0 aliphatic carbocycles. The maximum Gasteiger partial charge on any atom is -0.00201 e. The largest absolute Gasteiger partial charge is 0.0616 e. The van der Waals surface area contributed by atoms with Gasteiger partial charge in [0.25, 0.3) is 0 Å². The fourth-order valence-electron chi connectivity index (χ4n) is 8.02. The van der Waals surface area contributed by atoms with Crippen LogP contribution in [0, 0.1) is 0 Å². The van der Waals surface area contributed by atoms with Gasteiger partial charge in [-0.3, -0.25) is 0 Å². The van der Waals surface area contributed by atoms with Crippen LogP contribution < -0.4 is 0 Å². The summed E-state index contributed by atoms with van der Waals surface area (Å²) in [4.78, 5) is 0. The molecule has 0 aliphatic rings. The summed E-state index contributed by atoms with van der Waals surface area (Å²) in [5.41, 5.74) is 7.59. The van der Waals surface area contributed by atoms with E-state index in [1.54, 1.807) is 0 Å². The molecule has 0 fully saturated rings. The van der Waals surface area contributed by atoms with Crippen LogP contribution in [0.5, 0.6) is 0 Å². The SMILES string of the molecule is c1ccc2cc(-c3ccc(-c4c5ccccc5c(-c5ccc6c(ccc7ccccc76)c5)c5ccccc45)c4ccccc34)ccc2c1. The summed E-state index contributed by atoms with van der Waals surface area (Å²) in [6.45, 7) is 0. The molecule has 0 bridgehead atoms. The summed E-state index contributed by atoms with van der Waals surface area (Å²) in [6, 6.07) is 67.1. The van der Waals surface area contributed by atoms with E-state index in [9.17, 15) is 0 Å². The van der Waals surface area contributed by atoms with E-state index in [1.165, 1.54) is 98.0 Å². The van der Waals surface area contributed by atoms with E-state index in [1.807, 2.05) is 0 Å². The van der Waals surface area contributed by atoms with Crippen molar-refractivity contribution in [2.75, 3.05) is 0 Å². The van der Waals surface area contributed by atoms with E-state index in [4.69, 9.17) is 0 Å². The number of hydrogen-bond acceptors (Lipinski definition) is 0. The molecule has 0 N–H and O–H groups in total. The second kappa shape index (κ2) is 10.7. The molecule has 0 saturated heterocycles. The average molecular weight is 607 g/mol. The molecule has 0 radical (unpaired) electrons. The van der Waals surface area contributed by atoms with Crippen LogP contribution in [0.3, 0.4) is 0 Å². The van der Waals surface area contributed by atoms with E-state index in [0.717, 1.165) is 0 Å². The van der Waals surface area contributed by atoms with Gasteiger partial charge in [0.1, 0.15) is 0 Å². The topological polar surface area (TPSA) is 0 Å². The summed E-state index contributed by atoms with van der Waals surface area (Å²) >= 11 is 0. The molecule has 0 unspecified atom stereocenters. The lowest BCUT2D eigenvalue weighted by Crippen LogP contribution is -1.92. The van der Waals surface area contributed by atoms with E-state index < -0.39 is 0 Å². The van der Waals surface area contributed by atoms with Crippen LogP contribution in [0.15, 0.2) is 182 Å².